The van der Waals surface area contributed by atoms with E-state index in [1.165, 1.54) is 32.4 Å². The molecule has 1 saturated heterocycles. The van der Waals surface area contributed by atoms with Crippen molar-refractivity contribution < 1.29 is 33.4 Å². The number of nitrogens with two attached hydrogens (primary N) is 1. The molecule has 5 rings (SSSR count). The molecule has 2 amide bonds. The summed E-state index contributed by atoms with van der Waals surface area (Å²) in [4.78, 5) is 53.1. The van der Waals surface area contributed by atoms with E-state index in [4.69, 9.17) is 19.9 Å². The predicted octanol–water partition coefficient (Wildman–Crippen LogP) is 1.96. The van der Waals surface area contributed by atoms with Crippen LogP contribution in [0, 0.1) is 5.92 Å². The van der Waals surface area contributed by atoms with Gasteiger partial charge >= 0.3 is 11.9 Å². The number of para-hydroxylation sites is 1. The highest BCUT2D eigenvalue weighted by atomic mass is 32.2. The minimum atomic E-state index is -0.884. The van der Waals surface area contributed by atoms with Crippen molar-refractivity contribution in [1.82, 2.24) is 0 Å². The third kappa shape index (κ3) is 3.01. The molecule has 0 saturated carbocycles. The monoisotopic (exact) mass is 466 g/mol. The van der Waals surface area contributed by atoms with Crippen molar-refractivity contribution >= 4 is 41.2 Å². The van der Waals surface area contributed by atoms with Gasteiger partial charge in [0.2, 0.25) is 11.8 Å². The fraction of sp³-hybridized carbons (Fsp3) is 0.217. The van der Waals surface area contributed by atoms with Gasteiger partial charge in [-0.25, -0.2) is 14.5 Å². The second-order valence-corrected chi connectivity index (χ2v) is 8.82. The van der Waals surface area contributed by atoms with E-state index in [2.05, 4.69) is 0 Å². The Morgan fingerprint density at radius 3 is 2.58 bits per heavy atom. The molecule has 0 aliphatic carbocycles. The number of methoxy groups -OCH3 is 2. The van der Waals surface area contributed by atoms with E-state index in [0.29, 0.717) is 11.3 Å². The maximum atomic E-state index is 13.8. The third-order valence-corrected chi connectivity index (χ3v) is 7.23. The highest BCUT2D eigenvalue weighted by Crippen LogP contribution is 2.55. The van der Waals surface area contributed by atoms with Crippen molar-refractivity contribution in [2.45, 2.75) is 11.2 Å². The van der Waals surface area contributed by atoms with Crippen LogP contribution in [0.1, 0.15) is 21.8 Å². The molecule has 0 bridgehead atoms. The lowest BCUT2D eigenvalue weighted by Gasteiger charge is -2.36. The average molecular weight is 466 g/mol. The minimum Gasteiger partial charge on any atom is -0.495 e. The van der Waals surface area contributed by atoms with Gasteiger partial charge in [0, 0.05) is 11.5 Å². The number of nitrogens with zero attached hydrogens (tertiary/aromatic N) is 1. The highest BCUT2D eigenvalue weighted by Gasteiger charge is 2.59. The molecule has 10 heteroatoms. The summed E-state index contributed by atoms with van der Waals surface area (Å²) in [6.07, 6.45) is 0. The first-order valence-electron chi connectivity index (χ1n) is 9.99. The molecule has 3 unspecified atom stereocenters. The maximum Gasteiger partial charge on any atom is 0.342 e. The Morgan fingerprint density at radius 1 is 1.09 bits per heavy atom. The van der Waals surface area contributed by atoms with Gasteiger partial charge in [-0.05, 0) is 24.3 Å². The Balaban J connectivity index is 1.65. The van der Waals surface area contributed by atoms with Crippen molar-refractivity contribution in [3.8, 4) is 11.5 Å². The number of imide groups is 1. The van der Waals surface area contributed by atoms with Crippen LogP contribution in [0.4, 0.5) is 5.69 Å². The number of anilines is 1. The molecule has 9 nitrogen and oxygen atoms in total. The quantitative estimate of drug-likeness (QED) is 0.410. The molecule has 3 heterocycles. The van der Waals surface area contributed by atoms with E-state index < -0.39 is 40.8 Å². The van der Waals surface area contributed by atoms with Gasteiger partial charge < -0.3 is 19.9 Å². The lowest BCUT2D eigenvalue weighted by atomic mass is 9.77. The van der Waals surface area contributed by atoms with Crippen LogP contribution in [-0.2, 0) is 19.1 Å². The topological polar surface area (TPSA) is 125 Å². The zero-order valence-electron chi connectivity index (χ0n) is 17.6. The van der Waals surface area contributed by atoms with Gasteiger partial charge in [-0.3, -0.25) is 9.59 Å². The number of carbonyl (C=O) groups excluding carboxylic acids is 4. The molecule has 3 aliphatic heterocycles. The number of hydrogen-bond donors (Lipinski definition) is 1. The van der Waals surface area contributed by atoms with E-state index in [9.17, 15) is 19.2 Å². The zero-order valence-corrected chi connectivity index (χ0v) is 18.4. The molecule has 2 N–H and O–H groups in total. The first-order valence-corrected chi connectivity index (χ1v) is 10.9. The summed E-state index contributed by atoms with van der Waals surface area (Å²) in [5, 5.41) is -0.698. The summed E-state index contributed by atoms with van der Waals surface area (Å²) in [5.74, 6) is -3.33. The third-order valence-electron chi connectivity index (χ3n) is 6.00. The molecule has 33 heavy (non-hydrogen) atoms. The van der Waals surface area contributed by atoms with Crippen LogP contribution in [0.2, 0.25) is 0 Å². The Morgan fingerprint density at radius 2 is 1.85 bits per heavy atom. The molecule has 0 aromatic heterocycles. The maximum absolute atomic E-state index is 13.8. The van der Waals surface area contributed by atoms with E-state index in [-0.39, 0.29) is 27.6 Å². The van der Waals surface area contributed by atoms with Gasteiger partial charge in [-0.2, -0.15) is 0 Å². The molecular formula is C23H18N2O7S. The van der Waals surface area contributed by atoms with Gasteiger partial charge in [0.05, 0.1) is 42.0 Å². The smallest absolute Gasteiger partial charge is 0.342 e. The SMILES string of the molecule is COC(=O)c1ccc(OC)c(N2C(=O)C3SC(N)=C4C(=O)Oc5ccccc5C4C3C2=O)c1. The van der Waals surface area contributed by atoms with Crippen LogP contribution < -0.4 is 20.1 Å². The number of esters is 2. The molecule has 2 aromatic rings. The number of amides is 2. The van der Waals surface area contributed by atoms with Gasteiger partial charge in [-0.15, -0.1) is 0 Å². The predicted molar refractivity (Wildman–Crippen MR) is 118 cm³/mol. The van der Waals surface area contributed by atoms with Crippen molar-refractivity contribution in [1.29, 1.82) is 0 Å². The Labute approximate surface area is 192 Å². The molecule has 2 aromatic carbocycles. The van der Waals surface area contributed by atoms with Crippen molar-refractivity contribution in [2.75, 3.05) is 19.1 Å². The second-order valence-electron chi connectivity index (χ2n) is 7.64. The summed E-state index contributed by atoms with van der Waals surface area (Å²) in [6.45, 7) is 0. The normalized spacial score (nSPS) is 23.5. The summed E-state index contributed by atoms with van der Waals surface area (Å²) >= 11 is 0.972. The minimum absolute atomic E-state index is 0.122. The van der Waals surface area contributed by atoms with Gasteiger partial charge in [0.1, 0.15) is 16.7 Å². The molecule has 1 fully saturated rings. The van der Waals surface area contributed by atoms with Crippen LogP contribution in [-0.4, -0.2) is 43.2 Å². The van der Waals surface area contributed by atoms with Gasteiger partial charge in [-0.1, -0.05) is 30.0 Å². The number of ether oxygens (including phenoxy) is 3. The van der Waals surface area contributed by atoms with E-state index in [0.717, 1.165) is 16.7 Å². The summed E-state index contributed by atoms with van der Waals surface area (Å²) in [5.41, 5.74) is 7.27. The number of hydrogen-bond acceptors (Lipinski definition) is 9. The van der Waals surface area contributed by atoms with Gasteiger partial charge in [0.25, 0.3) is 0 Å². The van der Waals surface area contributed by atoms with E-state index >= 15 is 0 Å². The van der Waals surface area contributed by atoms with Gasteiger partial charge in [0.15, 0.2) is 0 Å². The lowest BCUT2D eigenvalue weighted by Crippen LogP contribution is -2.39. The summed E-state index contributed by atoms with van der Waals surface area (Å²) in [6, 6.07) is 11.2. The second kappa shape index (κ2) is 7.66. The fourth-order valence-electron chi connectivity index (χ4n) is 4.55. The number of fused-ring (bicyclic) bond motifs is 5. The molecule has 0 radical (unpaired) electrons. The summed E-state index contributed by atoms with van der Waals surface area (Å²) < 4.78 is 15.5. The molecule has 3 aliphatic rings. The largest absolute Gasteiger partial charge is 0.495 e. The van der Waals surface area contributed by atoms with Crippen LogP contribution in [0.15, 0.2) is 53.1 Å². The van der Waals surface area contributed by atoms with Crippen LogP contribution >= 0.6 is 11.8 Å². The Kier molecular flexibility index (Phi) is 4.89. The standard InChI is InChI=1S/C23H18N2O7S/c1-30-14-8-7-10(22(28)31-2)9-12(14)25-20(26)16-15-11-5-3-4-6-13(11)32-23(29)17(15)19(24)33-18(16)21(25)27/h3-9,15-16,18H,24H2,1-2H3. The van der Waals surface area contributed by atoms with Crippen molar-refractivity contribution in [3.05, 3.63) is 64.2 Å². The number of rotatable bonds is 3. The lowest BCUT2D eigenvalue weighted by molar-refractivity contribution is -0.131. The number of thioether (sulfide) groups is 1. The first-order chi connectivity index (χ1) is 15.9. The van der Waals surface area contributed by atoms with Crippen LogP contribution in [0.3, 0.4) is 0 Å². The number of carbonyl (C=O) groups is 4. The zero-order chi connectivity index (χ0) is 23.4. The number of benzene rings is 2. The molecular weight excluding hydrogens is 448 g/mol. The van der Waals surface area contributed by atoms with Crippen LogP contribution in [0.25, 0.3) is 0 Å². The molecule has 0 spiro atoms. The fourth-order valence-corrected chi connectivity index (χ4v) is 5.79. The Hall–Kier alpha value is -3.79. The average Bonchev–Trinajstić information content (AvgIpc) is 3.07. The van der Waals surface area contributed by atoms with Crippen molar-refractivity contribution in [3.63, 3.8) is 0 Å². The van der Waals surface area contributed by atoms with E-state index in [1.54, 1.807) is 24.3 Å². The highest BCUT2D eigenvalue weighted by molar-refractivity contribution is 8.04. The van der Waals surface area contributed by atoms with E-state index in [1.807, 2.05) is 0 Å². The first kappa shape index (κ1) is 21.1. The molecule has 3 atom stereocenters. The molecule has 168 valence electrons. The Bertz CT molecular complexity index is 1270. The summed E-state index contributed by atoms with van der Waals surface area (Å²) in [7, 11) is 2.63. The van der Waals surface area contributed by atoms with Crippen molar-refractivity contribution in [2.24, 2.45) is 11.7 Å². The van der Waals surface area contributed by atoms with Crippen LogP contribution in [0.5, 0.6) is 11.5 Å².